The third-order valence-electron chi connectivity index (χ3n) is 4.95. The van der Waals surface area contributed by atoms with Gasteiger partial charge in [0.05, 0.1) is 42.5 Å². The lowest BCUT2D eigenvalue weighted by atomic mass is 10.2. The molecule has 0 amide bonds. The summed E-state index contributed by atoms with van der Waals surface area (Å²) in [6.45, 7) is 8.39. The SMILES string of the molecule is Cc1cc(C)n(C[C@H]2CN(Cc3nc4ccccc4n3C)CCO2)n1. The first-order chi connectivity index (χ1) is 12.1. The summed E-state index contributed by atoms with van der Waals surface area (Å²) in [5.74, 6) is 1.10. The monoisotopic (exact) mass is 339 g/mol. The van der Waals surface area contributed by atoms with Gasteiger partial charge in [0.15, 0.2) is 0 Å². The number of para-hydroxylation sites is 2. The van der Waals surface area contributed by atoms with E-state index in [1.807, 2.05) is 13.0 Å². The van der Waals surface area contributed by atoms with Gasteiger partial charge >= 0.3 is 0 Å². The van der Waals surface area contributed by atoms with Gasteiger partial charge in [0.25, 0.3) is 0 Å². The molecule has 1 aliphatic heterocycles. The number of hydrogen-bond acceptors (Lipinski definition) is 4. The van der Waals surface area contributed by atoms with Crippen LogP contribution in [0.1, 0.15) is 17.2 Å². The molecular formula is C19H25N5O. The van der Waals surface area contributed by atoms with Gasteiger partial charge in [-0.05, 0) is 32.0 Å². The minimum absolute atomic E-state index is 0.168. The van der Waals surface area contributed by atoms with Crippen molar-refractivity contribution in [2.45, 2.75) is 33.0 Å². The third kappa shape index (κ3) is 3.32. The quantitative estimate of drug-likeness (QED) is 0.732. The zero-order chi connectivity index (χ0) is 17.4. The van der Waals surface area contributed by atoms with E-state index in [1.54, 1.807) is 0 Å². The van der Waals surface area contributed by atoms with Crippen LogP contribution in [-0.2, 0) is 24.9 Å². The van der Waals surface area contributed by atoms with Gasteiger partial charge in [-0.15, -0.1) is 0 Å². The van der Waals surface area contributed by atoms with Gasteiger partial charge in [0.1, 0.15) is 5.82 Å². The number of fused-ring (bicyclic) bond motifs is 1. The summed E-state index contributed by atoms with van der Waals surface area (Å²) in [7, 11) is 2.10. The molecule has 6 nitrogen and oxygen atoms in total. The van der Waals surface area contributed by atoms with Crippen molar-refractivity contribution < 1.29 is 4.74 Å². The summed E-state index contributed by atoms with van der Waals surface area (Å²) < 4.78 is 10.2. The molecule has 1 atom stereocenters. The first kappa shape index (κ1) is 16.3. The lowest BCUT2D eigenvalue weighted by molar-refractivity contribution is -0.0413. The molecule has 0 saturated carbocycles. The molecule has 4 rings (SSSR count). The fraction of sp³-hybridized carbons (Fsp3) is 0.474. The zero-order valence-electron chi connectivity index (χ0n) is 15.1. The second kappa shape index (κ2) is 6.61. The third-order valence-corrected chi connectivity index (χ3v) is 4.95. The van der Waals surface area contributed by atoms with Crippen LogP contribution in [0.25, 0.3) is 11.0 Å². The van der Waals surface area contributed by atoms with Crippen molar-refractivity contribution in [3.05, 3.63) is 47.5 Å². The van der Waals surface area contributed by atoms with E-state index in [-0.39, 0.29) is 6.10 Å². The van der Waals surface area contributed by atoms with Crippen molar-refractivity contribution in [3.8, 4) is 0 Å². The van der Waals surface area contributed by atoms with E-state index in [0.717, 1.165) is 49.8 Å². The van der Waals surface area contributed by atoms with Crippen LogP contribution in [0.2, 0.25) is 0 Å². The maximum atomic E-state index is 5.97. The Labute approximate surface area is 148 Å². The second-order valence-electron chi connectivity index (χ2n) is 6.91. The van der Waals surface area contributed by atoms with E-state index >= 15 is 0 Å². The van der Waals surface area contributed by atoms with Crippen LogP contribution in [0.4, 0.5) is 0 Å². The average Bonchev–Trinajstić information content (AvgIpc) is 3.07. The van der Waals surface area contributed by atoms with E-state index in [4.69, 9.17) is 9.72 Å². The van der Waals surface area contributed by atoms with Crippen molar-refractivity contribution in [1.29, 1.82) is 0 Å². The number of aryl methyl sites for hydroxylation is 3. The second-order valence-corrected chi connectivity index (χ2v) is 6.91. The molecule has 6 heteroatoms. The Balaban J connectivity index is 1.45. The topological polar surface area (TPSA) is 48.1 Å². The predicted molar refractivity (Wildman–Crippen MR) is 97.4 cm³/mol. The van der Waals surface area contributed by atoms with Crippen molar-refractivity contribution >= 4 is 11.0 Å². The number of morpholine rings is 1. The Kier molecular flexibility index (Phi) is 4.31. The highest BCUT2D eigenvalue weighted by molar-refractivity contribution is 5.75. The molecular weight excluding hydrogens is 314 g/mol. The van der Waals surface area contributed by atoms with Crippen LogP contribution in [-0.4, -0.2) is 50.0 Å². The summed E-state index contributed by atoms with van der Waals surface area (Å²) in [6.07, 6.45) is 0.168. The van der Waals surface area contributed by atoms with Crippen molar-refractivity contribution in [2.75, 3.05) is 19.7 Å². The van der Waals surface area contributed by atoms with E-state index in [2.05, 4.69) is 57.5 Å². The zero-order valence-corrected chi connectivity index (χ0v) is 15.1. The Hall–Kier alpha value is -2.18. The molecule has 0 N–H and O–H groups in total. The Bertz CT molecular complexity index is 881. The highest BCUT2D eigenvalue weighted by Crippen LogP contribution is 2.17. The molecule has 1 fully saturated rings. The first-order valence-electron chi connectivity index (χ1n) is 8.85. The minimum atomic E-state index is 0.168. The molecule has 1 aromatic carbocycles. The van der Waals surface area contributed by atoms with E-state index in [9.17, 15) is 0 Å². The maximum absolute atomic E-state index is 5.97. The van der Waals surface area contributed by atoms with Gasteiger partial charge < -0.3 is 9.30 Å². The molecule has 0 aliphatic carbocycles. The van der Waals surface area contributed by atoms with Crippen molar-refractivity contribution in [1.82, 2.24) is 24.2 Å². The van der Waals surface area contributed by atoms with Gasteiger partial charge in [-0.1, -0.05) is 12.1 Å². The van der Waals surface area contributed by atoms with E-state index in [0.29, 0.717) is 0 Å². The van der Waals surface area contributed by atoms with Gasteiger partial charge in [0.2, 0.25) is 0 Å². The molecule has 0 unspecified atom stereocenters. The van der Waals surface area contributed by atoms with Crippen LogP contribution < -0.4 is 0 Å². The summed E-state index contributed by atoms with van der Waals surface area (Å²) >= 11 is 0. The van der Waals surface area contributed by atoms with E-state index in [1.165, 1.54) is 11.2 Å². The average molecular weight is 339 g/mol. The van der Waals surface area contributed by atoms with Crippen LogP contribution in [0.15, 0.2) is 30.3 Å². The number of rotatable bonds is 4. The number of hydrogen-bond donors (Lipinski definition) is 0. The number of ether oxygens (including phenoxy) is 1. The summed E-state index contributed by atoms with van der Waals surface area (Å²) in [5, 5.41) is 4.56. The highest BCUT2D eigenvalue weighted by atomic mass is 16.5. The van der Waals surface area contributed by atoms with Crippen LogP contribution in [0.3, 0.4) is 0 Å². The molecule has 1 aliphatic rings. The van der Waals surface area contributed by atoms with Gasteiger partial charge in [-0.2, -0.15) is 5.10 Å². The number of nitrogens with zero attached hydrogens (tertiary/aromatic N) is 5. The predicted octanol–water partition coefficient (Wildman–Crippen LogP) is 2.29. The molecule has 3 heterocycles. The molecule has 0 bridgehead atoms. The van der Waals surface area contributed by atoms with Crippen molar-refractivity contribution in [2.24, 2.45) is 7.05 Å². The number of imidazole rings is 1. The Morgan fingerprint density at radius 2 is 2.08 bits per heavy atom. The normalized spacial score (nSPS) is 18.9. The van der Waals surface area contributed by atoms with Gasteiger partial charge in [-0.25, -0.2) is 4.98 Å². The Morgan fingerprint density at radius 1 is 1.24 bits per heavy atom. The lowest BCUT2D eigenvalue weighted by Gasteiger charge is -2.32. The number of aromatic nitrogens is 4. The fourth-order valence-corrected chi connectivity index (χ4v) is 3.62. The van der Waals surface area contributed by atoms with Crippen molar-refractivity contribution in [3.63, 3.8) is 0 Å². The Morgan fingerprint density at radius 3 is 2.84 bits per heavy atom. The summed E-state index contributed by atoms with van der Waals surface area (Å²) in [6, 6.07) is 10.4. The number of benzene rings is 1. The minimum Gasteiger partial charge on any atom is -0.374 e. The summed E-state index contributed by atoms with van der Waals surface area (Å²) in [5.41, 5.74) is 4.50. The molecule has 0 spiro atoms. The van der Waals surface area contributed by atoms with Crippen LogP contribution in [0.5, 0.6) is 0 Å². The molecule has 3 aromatic rings. The molecule has 2 aromatic heterocycles. The molecule has 1 saturated heterocycles. The lowest BCUT2D eigenvalue weighted by Crippen LogP contribution is -2.44. The largest absolute Gasteiger partial charge is 0.374 e. The standard InChI is InChI=1S/C19H25N5O/c1-14-10-15(2)24(21-14)12-16-11-23(8-9-25-16)13-19-20-17-6-4-5-7-18(17)22(19)3/h4-7,10,16H,8-9,11-13H2,1-3H3/t16-/m1/s1. The smallest absolute Gasteiger partial charge is 0.123 e. The molecule has 0 radical (unpaired) electrons. The highest BCUT2D eigenvalue weighted by Gasteiger charge is 2.23. The molecule has 25 heavy (non-hydrogen) atoms. The maximum Gasteiger partial charge on any atom is 0.123 e. The summed E-state index contributed by atoms with van der Waals surface area (Å²) in [4.78, 5) is 7.23. The fourth-order valence-electron chi connectivity index (χ4n) is 3.62. The first-order valence-corrected chi connectivity index (χ1v) is 8.85. The van der Waals surface area contributed by atoms with Crippen LogP contribution in [0, 0.1) is 13.8 Å². The van der Waals surface area contributed by atoms with Gasteiger partial charge in [-0.3, -0.25) is 9.58 Å². The van der Waals surface area contributed by atoms with Gasteiger partial charge in [0, 0.05) is 25.8 Å². The molecule has 132 valence electrons. The van der Waals surface area contributed by atoms with E-state index < -0.39 is 0 Å². The van der Waals surface area contributed by atoms with Crippen LogP contribution >= 0.6 is 0 Å².